The number of aliphatic hydroxyl groups is 1. The Labute approximate surface area is 128 Å². The van der Waals surface area contributed by atoms with E-state index in [1.165, 1.54) is 7.11 Å². The van der Waals surface area contributed by atoms with Crippen LogP contribution in [0.4, 0.5) is 11.4 Å². The number of nitro groups is 1. The van der Waals surface area contributed by atoms with E-state index in [0.29, 0.717) is 12.2 Å². The van der Waals surface area contributed by atoms with Crippen molar-refractivity contribution in [2.75, 3.05) is 12.4 Å². The van der Waals surface area contributed by atoms with Gasteiger partial charge >= 0.3 is 5.69 Å². The number of hydrogen-bond donors (Lipinski definition) is 2. The van der Waals surface area contributed by atoms with Gasteiger partial charge < -0.3 is 15.2 Å². The summed E-state index contributed by atoms with van der Waals surface area (Å²) in [5, 5.41) is 23.7. The number of aliphatic hydroxyl groups excluding tert-OH is 1. The molecule has 2 N–H and O–H groups in total. The maximum atomic E-state index is 11.2. The molecule has 0 unspecified atom stereocenters. The first kappa shape index (κ1) is 15.8. The molecule has 0 saturated carbocycles. The largest absolute Gasteiger partial charge is 0.490 e. The van der Waals surface area contributed by atoms with Crippen LogP contribution >= 0.6 is 0 Å². The maximum Gasteiger partial charge on any atom is 0.333 e. The van der Waals surface area contributed by atoms with Gasteiger partial charge in [0, 0.05) is 6.54 Å². The number of nitrogens with zero attached hydrogens (tertiary/aromatic N) is 1. The van der Waals surface area contributed by atoms with E-state index in [1.807, 2.05) is 24.3 Å². The van der Waals surface area contributed by atoms with Gasteiger partial charge in [0.1, 0.15) is 5.69 Å². The van der Waals surface area contributed by atoms with Crippen LogP contribution in [-0.2, 0) is 6.54 Å². The second-order valence-corrected chi connectivity index (χ2v) is 4.88. The fourth-order valence-corrected chi connectivity index (χ4v) is 2.13. The second-order valence-electron chi connectivity index (χ2n) is 4.88. The molecular weight excluding hydrogens is 284 g/mol. The van der Waals surface area contributed by atoms with Crippen LogP contribution in [0.1, 0.15) is 24.2 Å². The fraction of sp³-hybridized carbons (Fsp3) is 0.250. The first-order valence-electron chi connectivity index (χ1n) is 6.85. The number of nitro benzene ring substituents is 1. The maximum absolute atomic E-state index is 11.2. The summed E-state index contributed by atoms with van der Waals surface area (Å²) in [5.41, 5.74) is 2.12. The SMILES string of the molecule is COc1cccc(NCc2ccc([C@@H](C)O)cc2)c1[N+](=O)[O-]. The molecule has 0 aliphatic rings. The Hall–Kier alpha value is -2.60. The lowest BCUT2D eigenvalue weighted by Crippen LogP contribution is -2.04. The molecule has 0 saturated heterocycles. The number of methoxy groups -OCH3 is 1. The van der Waals surface area contributed by atoms with Crippen LogP contribution in [0.15, 0.2) is 42.5 Å². The summed E-state index contributed by atoms with van der Waals surface area (Å²) in [7, 11) is 1.40. The van der Waals surface area contributed by atoms with Crippen molar-refractivity contribution in [2.24, 2.45) is 0 Å². The normalized spacial score (nSPS) is 11.8. The van der Waals surface area contributed by atoms with E-state index in [4.69, 9.17) is 4.74 Å². The number of nitrogens with one attached hydrogen (secondary N) is 1. The molecule has 0 aliphatic carbocycles. The molecule has 0 aromatic heterocycles. The number of para-hydroxylation sites is 1. The Kier molecular flexibility index (Phi) is 4.95. The molecule has 0 bridgehead atoms. The molecule has 6 nitrogen and oxygen atoms in total. The van der Waals surface area contributed by atoms with Gasteiger partial charge in [-0.05, 0) is 30.2 Å². The third kappa shape index (κ3) is 3.53. The predicted molar refractivity (Wildman–Crippen MR) is 84.1 cm³/mol. The van der Waals surface area contributed by atoms with E-state index in [-0.39, 0.29) is 11.4 Å². The van der Waals surface area contributed by atoms with Crippen molar-refractivity contribution in [3.8, 4) is 5.75 Å². The number of benzene rings is 2. The second kappa shape index (κ2) is 6.91. The minimum Gasteiger partial charge on any atom is -0.490 e. The fourth-order valence-electron chi connectivity index (χ4n) is 2.13. The van der Waals surface area contributed by atoms with Crippen LogP contribution in [0.5, 0.6) is 5.75 Å². The highest BCUT2D eigenvalue weighted by molar-refractivity contribution is 5.68. The summed E-state index contributed by atoms with van der Waals surface area (Å²) in [5.74, 6) is 0.222. The Morgan fingerprint density at radius 2 is 1.95 bits per heavy atom. The van der Waals surface area contributed by atoms with E-state index in [1.54, 1.807) is 25.1 Å². The van der Waals surface area contributed by atoms with E-state index in [0.717, 1.165) is 11.1 Å². The lowest BCUT2D eigenvalue weighted by atomic mass is 10.1. The lowest BCUT2D eigenvalue weighted by Gasteiger charge is -2.10. The molecule has 1 atom stereocenters. The van der Waals surface area contributed by atoms with Crippen molar-refractivity contribution < 1.29 is 14.8 Å². The van der Waals surface area contributed by atoms with Crippen LogP contribution < -0.4 is 10.1 Å². The molecule has 0 amide bonds. The number of anilines is 1. The summed E-state index contributed by atoms with van der Waals surface area (Å²) >= 11 is 0. The zero-order valence-electron chi connectivity index (χ0n) is 12.4. The minimum atomic E-state index is -0.513. The van der Waals surface area contributed by atoms with Crippen LogP contribution in [0.2, 0.25) is 0 Å². The summed E-state index contributed by atoms with van der Waals surface area (Å²) in [4.78, 5) is 10.7. The van der Waals surface area contributed by atoms with Crippen molar-refractivity contribution in [3.63, 3.8) is 0 Å². The third-order valence-electron chi connectivity index (χ3n) is 3.35. The summed E-state index contributed by atoms with van der Waals surface area (Å²) < 4.78 is 5.03. The molecule has 2 rings (SSSR count). The highest BCUT2D eigenvalue weighted by atomic mass is 16.6. The van der Waals surface area contributed by atoms with Gasteiger partial charge in [-0.15, -0.1) is 0 Å². The lowest BCUT2D eigenvalue weighted by molar-refractivity contribution is -0.384. The predicted octanol–water partition coefficient (Wildman–Crippen LogP) is 3.27. The van der Waals surface area contributed by atoms with Crippen LogP contribution in [0.3, 0.4) is 0 Å². The standard InChI is InChI=1S/C16H18N2O4/c1-11(19)13-8-6-12(7-9-13)10-17-14-4-3-5-15(22-2)16(14)18(20)21/h3-9,11,17,19H,10H2,1-2H3/t11-/m1/s1. The molecule has 116 valence electrons. The van der Waals surface area contributed by atoms with Gasteiger partial charge in [-0.2, -0.15) is 0 Å². The van der Waals surface area contributed by atoms with Crippen molar-refractivity contribution in [1.82, 2.24) is 0 Å². The smallest absolute Gasteiger partial charge is 0.333 e. The van der Waals surface area contributed by atoms with Gasteiger partial charge in [-0.3, -0.25) is 10.1 Å². The molecule has 0 radical (unpaired) electrons. The van der Waals surface area contributed by atoms with Gasteiger partial charge in [-0.25, -0.2) is 0 Å². The van der Waals surface area contributed by atoms with Crippen molar-refractivity contribution >= 4 is 11.4 Å². The average Bonchev–Trinajstić information content (AvgIpc) is 2.52. The Balaban J connectivity index is 2.16. The molecule has 22 heavy (non-hydrogen) atoms. The Morgan fingerprint density at radius 1 is 1.27 bits per heavy atom. The van der Waals surface area contributed by atoms with Gasteiger partial charge in [0.2, 0.25) is 0 Å². The third-order valence-corrected chi connectivity index (χ3v) is 3.35. The molecule has 2 aromatic carbocycles. The van der Waals surface area contributed by atoms with E-state index in [9.17, 15) is 15.2 Å². The summed E-state index contributed by atoms with van der Waals surface area (Å²) in [6.45, 7) is 2.14. The van der Waals surface area contributed by atoms with Crippen LogP contribution in [0, 0.1) is 10.1 Å². The highest BCUT2D eigenvalue weighted by Crippen LogP contribution is 2.34. The van der Waals surface area contributed by atoms with E-state index >= 15 is 0 Å². The highest BCUT2D eigenvalue weighted by Gasteiger charge is 2.20. The number of rotatable bonds is 6. The number of hydrogen-bond acceptors (Lipinski definition) is 5. The molecule has 0 aliphatic heterocycles. The van der Waals surface area contributed by atoms with Gasteiger partial charge in [-0.1, -0.05) is 30.3 Å². The van der Waals surface area contributed by atoms with Crippen molar-refractivity contribution in [3.05, 3.63) is 63.7 Å². The Morgan fingerprint density at radius 3 is 2.50 bits per heavy atom. The summed E-state index contributed by atoms with van der Waals surface area (Å²) in [6.07, 6.45) is -0.513. The Bertz CT molecular complexity index is 654. The zero-order chi connectivity index (χ0) is 16.1. The molecule has 0 fully saturated rings. The topological polar surface area (TPSA) is 84.6 Å². The molecule has 2 aromatic rings. The van der Waals surface area contributed by atoms with E-state index in [2.05, 4.69) is 5.32 Å². The van der Waals surface area contributed by atoms with Gasteiger partial charge in [0.05, 0.1) is 18.1 Å². The van der Waals surface area contributed by atoms with E-state index < -0.39 is 11.0 Å². The molecular formula is C16H18N2O4. The van der Waals surface area contributed by atoms with Crippen LogP contribution in [0.25, 0.3) is 0 Å². The molecule has 0 heterocycles. The van der Waals surface area contributed by atoms with Crippen molar-refractivity contribution in [1.29, 1.82) is 0 Å². The molecule has 0 spiro atoms. The zero-order valence-corrected chi connectivity index (χ0v) is 12.4. The first-order chi connectivity index (χ1) is 10.5. The van der Waals surface area contributed by atoms with Gasteiger partial charge in [0.15, 0.2) is 5.75 Å². The monoisotopic (exact) mass is 302 g/mol. The number of ether oxygens (including phenoxy) is 1. The first-order valence-corrected chi connectivity index (χ1v) is 6.85. The molecule has 6 heteroatoms. The van der Waals surface area contributed by atoms with Gasteiger partial charge in [0.25, 0.3) is 0 Å². The van der Waals surface area contributed by atoms with Crippen molar-refractivity contribution in [2.45, 2.75) is 19.6 Å². The van der Waals surface area contributed by atoms with Crippen LogP contribution in [-0.4, -0.2) is 17.1 Å². The minimum absolute atomic E-state index is 0.0781. The quantitative estimate of drug-likeness (QED) is 0.632. The average molecular weight is 302 g/mol. The summed E-state index contributed by atoms with van der Waals surface area (Å²) in [6, 6.07) is 12.3.